The van der Waals surface area contributed by atoms with E-state index in [2.05, 4.69) is 4.98 Å². The van der Waals surface area contributed by atoms with Crippen LogP contribution in [0.4, 0.5) is 13.2 Å². The first-order chi connectivity index (χ1) is 7.86. The summed E-state index contributed by atoms with van der Waals surface area (Å²) >= 11 is 0. The van der Waals surface area contributed by atoms with Crippen molar-refractivity contribution < 1.29 is 23.0 Å². The predicted octanol–water partition coefficient (Wildman–Crippen LogP) is 2.10. The van der Waals surface area contributed by atoms with Gasteiger partial charge in [0.25, 0.3) is 0 Å². The van der Waals surface area contributed by atoms with Gasteiger partial charge in [-0.15, -0.1) is 0 Å². The summed E-state index contributed by atoms with van der Waals surface area (Å²) in [5.74, 6) is 0. The zero-order chi connectivity index (χ0) is 12.7. The maximum atomic E-state index is 12.8. The first-order valence-corrected chi connectivity index (χ1v) is 5.21. The average Bonchev–Trinajstić information content (AvgIpc) is 2.59. The molecule has 1 fully saturated rings. The number of halogens is 3. The smallest absolute Gasteiger partial charge is 0.382 e. The van der Waals surface area contributed by atoms with E-state index in [9.17, 15) is 18.3 Å². The van der Waals surface area contributed by atoms with Gasteiger partial charge in [-0.1, -0.05) is 0 Å². The fraction of sp³-hybridized carbons (Fsp3) is 0.545. The van der Waals surface area contributed by atoms with Crippen molar-refractivity contribution in [1.82, 2.24) is 4.98 Å². The van der Waals surface area contributed by atoms with Gasteiger partial charge in [-0.25, -0.2) is 0 Å². The van der Waals surface area contributed by atoms with Crippen LogP contribution in [0.2, 0.25) is 0 Å². The standard InChI is InChI=1S/C11H12F3NO2/c1-7-10(16,3-5-17-7)9-6-15-4-2-8(9)11(12,13)14/h2,4,6-7,16H,3,5H2,1H3. The Morgan fingerprint density at radius 3 is 2.76 bits per heavy atom. The van der Waals surface area contributed by atoms with Crippen LogP contribution in [0.5, 0.6) is 0 Å². The molecule has 2 heterocycles. The van der Waals surface area contributed by atoms with Crippen LogP contribution in [0.1, 0.15) is 24.5 Å². The first kappa shape index (κ1) is 12.3. The van der Waals surface area contributed by atoms with Gasteiger partial charge >= 0.3 is 6.18 Å². The Morgan fingerprint density at radius 2 is 2.24 bits per heavy atom. The molecule has 0 radical (unpaired) electrons. The summed E-state index contributed by atoms with van der Waals surface area (Å²) in [5, 5.41) is 10.3. The minimum atomic E-state index is -4.50. The molecule has 1 aromatic rings. The van der Waals surface area contributed by atoms with Crippen molar-refractivity contribution in [2.45, 2.75) is 31.2 Å². The quantitative estimate of drug-likeness (QED) is 0.826. The van der Waals surface area contributed by atoms with Crippen LogP contribution >= 0.6 is 0 Å². The van der Waals surface area contributed by atoms with Crippen LogP contribution in [-0.2, 0) is 16.5 Å². The zero-order valence-electron chi connectivity index (χ0n) is 9.16. The molecule has 1 N–H and O–H groups in total. The van der Waals surface area contributed by atoms with Gasteiger partial charge in [-0.05, 0) is 13.0 Å². The molecule has 2 atom stereocenters. The second-order valence-electron chi connectivity index (χ2n) is 4.11. The van der Waals surface area contributed by atoms with Gasteiger partial charge in [0, 0.05) is 24.4 Å². The minimum Gasteiger partial charge on any atom is -0.382 e. The maximum Gasteiger partial charge on any atom is 0.416 e. The summed E-state index contributed by atoms with van der Waals surface area (Å²) in [7, 11) is 0. The lowest BCUT2D eigenvalue weighted by Crippen LogP contribution is -2.35. The molecule has 2 unspecified atom stereocenters. The molecule has 94 valence electrons. The van der Waals surface area contributed by atoms with E-state index in [0.29, 0.717) is 0 Å². The van der Waals surface area contributed by atoms with Gasteiger partial charge in [-0.2, -0.15) is 13.2 Å². The van der Waals surface area contributed by atoms with Crippen molar-refractivity contribution in [3.05, 3.63) is 29.6 Å². The second-order valence-corrected chi connectivity index (χ2v) is 4.11. The van der Waals surface area contributed by atoms with Gasteiger partial charge in [-0.3, -0.25) is 4.98 Å². The third kappa shape index (κ3) is 2.02. The van der Waals surface area contributed by atoms with E-state index >= 15 is 0 Å². The molecule has 1 aliphatic heterocycles. The number of aliphatic hydroxyl groups is 1. The molecular weight excluding hydrogens is 235 g/mol. The third-order valence-electron chi connectivity index (χ3n) is 3.12. The molecule has 2 rings (SSSR count). The normalized spacial score (nSPS) is 29.6. The van der Waals surface area contributed by atoms with Gasteiger partial charge in [0.1, 0.15) is 5.60 Å². The lowest BCUT2D eigenvalue weighted by molar-refractivity contribution is -0.141. The molecule has 17 heavy (non-hydrogen) atoms. The van der Waals surface area contributed by atoms with E-state index < -0.39 is 23.4 Å². The minimum absolute atomic E-state index is 0.142. The fourth-order valence-electron chi connectivity index (χ4n) is 2.07. The Labute approximate surface area is 96.2 Å². The van der Waals surface area contributed by atoms with Crippen molar-refractivity contribution in [2.75, 3.05) is 6.61 Å². The fourth-order valence-corrected chi connectivity index (χ4v) is 2.07. The number of alkyl halides is 3. The number of hydrogen-bond donors (Lipinski definition) is 1. The van der Waals surface area contributed by atoms with Crippen molar-refractivity contribution in [1.29, 1.82) is 0 Å². The molecule has 1 aliphatic rings. The lowest BCUT2D eigenvalue weighted by atomic mass is 9.86. The highest BCUT2D eigenvalue weighted by atomic mass is 19.4. The number of aromatic nitrogens is 1. The summed E-state index contributed by atoms with van der Waals surface area (Å²) < 4.78 is 43.6. The van der Waals surface area contributed by atoms with Crippen LogP contribution in [0, 0.1) is 0 Å². The van der Waals surface area contributed by atoms with Crippen LogP contribution in [0.15, 0.2) is 18.5 Å². The zero-order valence-corrected chi connectivity index (χ0v) is 9.16. The molecule has 0 bridgehead atoms. The Kier molecular flexibility index (Phi) is 2.87. The monoisotopic (exact) mass is 247 g/mol. The second kappa shape index (κ2) is 3.96. The molecule has 0 aromatic carbocycles. The number of hydrogen-bond acceptors (Lipinski definition) is 3. The Hall–Kier alpha value is -1.14. The largest absolute Gasteiger partial charge is 0.416 e. The van der Waals surface area contributed by atoms with Gasteiger partial charge < -0.3 is 9.84 Å². The molecule has 0 aliphatic carbocycles. The highest BCUT2D eigenvalue weighted by Gasteiger charge is 2.47. The number of ether oxygens (including phenoxy) is 1. The van der Waals surface area contributed by atoms with E-state index in [4.69, 9.17) is 4.74 Å². The van der Waals surface area contributed by atoms with Gasteiger partial charge in [0.2, 0.25) is 0 Å². The lowest BCUT2D eigenvalue weighted by Gasteiger charge is -2.28. The molecule has 1 aromatic heterocycles. The van der Waals surface area contributed by atoms with E-state index in [1.807, 2.05) is 0 Å². The van der Waals surface area contributed by atoms with E-state index in [1.165, 1.54) is 0 Å². The summed E-state index contributed by atoms with van der Waals surface area (Å²) in [6, 6.07) is 0.873. The van der Waals surface area contributed by atoms with Crippen LogP contribution in [-0.4, -0.2) is 22.8 Å². The highest BCUT2D eigenvalue weighted by Crippen LogP contribution is 2.42. The Balaban J connectivity index is 2.52. The maximum absolute atomic E-state index is 12.8. The summed E-state index contributed by atoms with van der Waals surface area (Å²) in [6.07, 6.45) is -2.91. The van der Waals surface area contributed by atoms with Crippen LogP contribution < -0.4 is 0 Å². The van der Waals surface area contributed by atoms with Crippen molar-refractivity contribution in [2.24, 2.45) is 0 Å². The van der Waals surface area contributed by atoms with E-state index in [1.54, 1.807) is 6.92 Å². The number of pyridine rings is 1. The van der Waals surface area contributed by atoms with E-state index in [0.717, 1.165) is 18.5 Å². The van der Waals surface area contributed by atoms with Gasteiger partial charge in [0.15, 0.2) is 0 Å². The van der Waals surface area contributed by atoms with Crippen molar-refractivity contribution in [3.63, 3.8) is 0 Å². The molecular formula is C11H12F3NO2. The van der Waals surface area contributed by atoms with Crippen LogP contribution in [0.3, 0.4) is 0 Å². The molecule has 6 heteroatoms. The highest BCUT2D eigenvalue weighted by molar-refractivity contribution is 5.33. The van der Waals surface area contributed by atoms with Crippen molar-refractivity contribution in [3.8, 4) is 0 Å². The Morgan fingerprint density at radius 1 is 1.53 bits per heavy atom. The van der Waals surface area contributed by atoms with Crippen molar-refractivity contribution >= 4 is 0 Å². The molecule has 3 nitrogen and oxygen atoms in total. The van der Waals surface area contributed by atoms with Crippen LogP contribution in [0.25, 0.3) is 0 Å². The van der Waals surface area contributed by atoms with Gasteiger partial charge in [0.05, 0.1) is 18.3 Å². The molecule has 0 amide bonds. The topological polar surface area (TPSA) is 42.4 Å². The summed E-state index contributed by atoms with van der Waals surface area (Å²) in [4.78, 5) is 3.67. The average molecular weight is 247 g/mol. The third-order valence-corrected chi connectivity index (χ3v) is 3.12. The summed E-state index contributed by atoms with van der Waals surface area (Å²) in [5.41, 5.74) is -2.68. The number of rotatable bonds is 1. The Bertz CT molecular complexity index is 421. The number of nitrogens with zero attached hydrogens (tertiary/aromatic N) is 1. The first-order valence-electron chi connectivity index (χ1n) is 5.21. The molecule has 1 saturated heterocycles. The van der Waals surface area contributed by atoms with E-state index in [-0.39, 0.29) is 18.6 Å². The molecule has 0 spiro atoms. The molecule has 0 saturated carbocycles. The summed E-state index contributed by atoms with van der Waals surface area (Å²) in [6.45, 7) is 1.80. The predicted molar refractivity (Wildman–Crippen MR) is 53.2 cm³/mol. The SMILES string of the molecule is CC1OCCC1(O)c1cnccc1C(F)(F)F.